The Hall–Kier alpha value is -1.88. The van der Waals surface area contributed by atoms with Crippen molar-refractivity contribution in [2.24, 2.45) is 5.92 Å². The van der Waals surface area contributed by atoms with Crippen LogP contribution in [0, 0.1) is 5.92 Å². The molecule has 2 aliphatic rings. The zero-order valence-electron chi connectivity index (χ0n) is 14.5. The van der Waals surface area contributed by atoms with Gasteiger partial charge in [0, 0.05) is 5.92 Å². The lowest BCUT2D eigenvalue weighted by Crippen LogP contribution is -2.97. The molecule has 1 aliphatic carbocycles. The Bertz CT molecular complexity index is 599. The highest BCUT2D eigenvalue weighted by Gasteiger charge is 2.44. The number of rotatable bonds is 5. The van der Waals surface area contributed by atoms with E-state index in [-0.39, 0.29) is 17.9 Å². The van der Waals surface area contributed by atoms with Gasteiger partial charge in [-0.1, -0.05) is 13.3 Å². The molecular formula is C19H27N2O3+. The molecular weight excluding hydrogens is 304 g/mol. The lowest BCUT2D eigenvalue weighted by molar-refractivity contribution is -0.715. The molecule has 1 heterocycles. The van der Waals surface area contributed by atoms with Crippen molar-refractivity contribution in [2.45, 2.75) is 58.0 Å². The van der Waals surface area contributed by atoms with Crippen LogP contribution in [0.5, 0.6) is 5.75 Å². The van der Waals surface area contributed by atoms with Gasteiger partial charge in [-0.25, -0.2) is 4.90 Å². The lowest BCUT2D eigenvalue weighted by atomic mass is 9.85. The van der Waals surface area contributed by atoms with Crippen LogP contribution >= 0.6 is 0 Å². The molecule has 3 rings (SSSR count). The molecule has 2 N–H and O–H groups in total. The molecule has 1 saturated carbocycles. The van der Waals surface area contributed by atoms with Crippen molar-refractivity contribution in [3.63, 3.8) is 0 Å². The summed E-state index contributed by atoms with van der Waals surface area (Å²) in [7, 11) is 0. The van der Waals surface area contributed by atoms with E-state index in [9.17, 15) is 9.59 Å². The van der Waals surface area contributed by atoms with E-state index in [1.54, 1.807) is 24.3 Å². The molecule has 0 aromatic heterocycles. The molecule has 0 spiro atoms. The van der Waals surface area contributed by atoms with Crippen LogP contribution in [0.25, 0.3) is 0 Å². The molecule has 1 aromatic rings. The molecule has 1 aromatic carbocycles. The van der Waals surface area contributed by atoms with Crippen LogP contribution in [0.4, 0.5) is 5.69 Å². The molecule has 0 unspecified atom stereocenters. The molecule has 24 heavy (non-hydrogen) atoms. The van der Waals surface area contributed by atoms with Gasteiger partial charge in [0.25, 0.3) is 5.91 Å². The monoisotopic (exact) mass is 331 g/mol. The van der Waals surface area contributed by atoms with Crippen LogP contribution in [0.1, 0.15) is 46.0 Å². The summed E-state index contributed by atoms with van der Waals surface area (Å²) in [5.41, 5.74) is 0.640. The Morgan fingerprint density at radius 1 is 1.17 bits per heavy atom. The van der Waals surface area contributed by atoms with E-state index >= 15 is 0 Å². The second-order valence-corrected chi connectivity index (χ2v) is 6.92. The fraction of sp³-hybridized carbons (Fsp3) is 0.579. The van der Waals surface area contributed by atoms with Gasteiger partial charge < -0.3 is 10.1 Å². The average molecular weight is 331 g/mol. The summed E-state index contributed by atoms with van der Waals surface area (Å²) in [6.45, 7) is 4.78. The first-order chi connectivity index (χ1) is 11.6. The number of nitrogens with zero attached hydrogens (tertiary/aromatic N) is 1. The molecule has 2 amide bonds. The van der Waals surface area contributed by atoms with E-state index in [1.807, 2.05) is 6.92 Å². The SMILES string of the molecule is CCOc1ccc(N2C(=O)C[C@@H]([NH2+][C@H]3CCCC[C@@H]3C)C2=O)cc1. The van der Waals surface area contributed by atoms with E-state index in [1.165, 1.54) is 24.2 Å². The Labute approximate surface area is 143 Å². The summed E-state index contributed by atoms with van der Waals surface area (Å²) in [5.74, 6) is 1.18. The van der Waals surface area contributed by atoms with Gasteiger partial charge in [-0.15, -0.1) is 0 Å². The van der Waals surface area contributed by atoms with Crippen LogP contribution in [0.15, 0.2) is 24.3 Å². The summed E-state index contributed by atoms with van der Waals surface area (Å²) in [5, 5.41) is 2.15. The molecule has 130 valence electrons. The second kappa shape index (κ2) is 7.34. The maximum Gasteiger partial charge on any atom is 0.292 e. The van der Waals surface area contributed by atoms with Crippen molar-refractivity contribution < 1.29 is 19.6 Å². The molecule has 5 heteroatoms. The molecule has 1 saturated heterocycles. The van der Waals surface area contributed by atoms with Crippen LogP contribution in [0.3, 0.4) is 0 Å². The molecule has 3 atom stereocenters. The number of anilines is 1. The molecule has 1 aliphatic heterocycles. The molecule has 0 radical (unpaired) electrons. The minimum Gasteiger partial charge on any atom is -0.494 e. The minimum atomic E-state index is -0.269. The Kier molecular flexibility index (Phi) is 5.19. The van der Waals surface area contributed by atoms with Gasteiger partial charge in [0.2, 0.25) is 5.91 Å². The highest BCUT2D eigenvalue weighted by molar-refractivity contribution is 6.21. The van der Waals surface area contributed by atoms with Crippen LogP contribution in [-0.4, -0.2) is 30.5 Å². The fourth-order valence-corrected chi connectivity index (χ4v) is 3.86. The summed E-state index contributed by atoms with van der Waals surface area (Å²) in [6, 6.07) is 7.37. The maximum atomic E-state index is 12.7. The number of ether oxygens (including phenoxy) is 1. The zero-order chi connectivity index (χ0) is 17.1. The van der Waals surface area contributed by atoms with E-state index in [0.29, 0.717) is 30.7 Å². The van der Waals surface area contributed by atoms with Crippen molar-refractivity contribution in [3.05, 3.63) is 24.3 Å². The largest absolute Gasteiger partial charge is 0.494 e. The number of hydrogen-bond donors (Lipinski definition) is 1. The van der Waals surface area contributed by atoms with Gasteiger partial charge in [0.15, 0.2) is 6.04 Å². The Balaban J connectivity index is 1.69. The number of nitrogens with two attached hydrogens (primary N) is 1. The Morgan fingerprint density at radius 2 is 1.88 bits per heavy atom. The summed E-state index contributed by atoms with van der Waals surface area (Å²) >= 11 is 0. The predicted octanol–water partition coefficient (Wildman–Crippen LogP) is 1.86. The first-order valence-electron chi connectivity index (χ1n) is 9.04. The van der Waals surface area contributed by atoms with Gasteiger partial charge in [0.05, 0.1) is 24.8 Å². The molecule has 0 bridgehead atoms. The first kappa shape index (κ1) is 17.0. The Morgan fingerprint density at radius 3 is 2.54 bits per heavy atom. The number of imide groups is 1. The lowest BCUT2D eigenvalue weighted by Gasteiger charge is -2.28. The third-order valence-electron chi connectivity index (χ3n) is 5.24. The van der Waals surface area contributed by atoms with Gasteiger partial charge >= 0.3 is 0 Å². The quantitative estimate of drug-likeness (QED) is 0.838. The normalized spacial score (nSPS) is 27.6. The van der Waals surface area contributed by atoms with Crippen molar-refractivity contribution >= 4 is 17.5 Å². The van der Waals surface area contributed by atoms with Crippen molar-refractivity contribution in [1.29, 1.82) is 0 Å². The van der Waals surface area contributed by atoms with Gasteiger partial charge in [-0.3, -0.25) is 9.59 Å². The number of carbonyl (C=O) groups is 2. The molecule has 2 fully saturated rings. The van der Waals surface area contributed by atoms with Crippen molar-refractivity contribution in [3.8, 4) is 5.75 Å². The third kappa shape index (κ3) is 3.46. The fourth-order valence-electron chi connectivity index (χ4n) is 3.86. The summed E-state index contributed by atoms with van der Waals surface area (Å²) in [6.07, 6.45) is 5.17. The van der Waals surface area contributed by atoms with Crippen LogP contribution in [0.2, 0.25) is 0 Å². The van der Waals surface area contributed by atoms with Crippen LogP contribution < -0.4 is 15.0 Å². The van der Waals surface area contributed by atoms with Crippen molar-refractivity contribution in [1.82, 2.24) is 0 Å². The average Bonchev–Trinajstić information content (AvgIpc) is 2.85. The number of hydrogen-bond acceptors (Lipinski definition) is 3. The minimum absolute atomic E-state index is 0.0815. The number of quaternary nitrogens is 1. The van der Waals surface area contributed by atoms with Gasteiger partial charge in [-0.2, -0.15) is 0 Å². The standard InChI is InChI=1S/C19H26N2O3/c1-3-24-15-10-8-14(9-11-15)21-18(22)12-17(19(21)23)20-16-7-5-4-6-13(16)2/h8-11,13,16-17,20H,3-7,12H2,1-2H3/p+1/t13-,16-,17+/m0/s1. The van der Waals surface area contributed by atoms with E-state index in [2.05, 4.69) is 12.2 Å². The van der Waals surface area contributed by atoms with Gasteiger partial charge in [-0.05, 0) is 50.5 Å². The number of benzene rings is 1. The van der Waals surface area contributed by atoms with E-state index < -0.39 is 0 Å². The van der Waals surface area contributed by atoms with Gasteiger partial charge in [0.1, 0.15) is 5.75 Å². The van der Waals surface area contributed by atoms with Crippen LogP contribution in [-0.2, 0) is 9.59 Å². The summed E-state index contributed by atoms with van der Waals surface area (Å²) in [4.78, 5) is 26.5. The highest BCUT2D eigenvalue weighted by atomic mass is 16.5. The maximum absolute atomic E-state index is 12.7. The van der Waals surface area contributed by atoms with Crippen molar-refractivity contribution in [2.75, 3.05) is 11.5 Å². The predicted molar refractivity (Wildman–Crippen MR) is 91.9 cm³/mol. The topological polar surface area (TPSA) is 63.2 Å². The first-order valence-corrected chi connectivity index (χ1v) is 9.04. The third-order valence-corrected chi connectivity index (χ3v) is 5.24. The number of carbonyl (C=O) groups excluding carboxylic acids is 2. The number of amides is 2. The molecule has 5 nitrogen and oxygen atoms in total. The zero-order valence-corrected chi connectivity index (χ0v) is 14.5. The van der Waals surface area contributed by atoms with E-state index in [0.717, 1.165) is 12.2 Å². The second-order valence-electron chi connectivity index (χ2n) is 6.92. The van der Waals surface area contributed by atoms with E-state index in [4.69, 9.17) is 4.74 Å². The highest BCUT2D eigenvalue weighted by Crippen LogP contribution is 2.26. The summed E-state index contributed by atoms with van der Waals surface area (Å²) < 4.78 is 5.42. The smallest absolute Gasteiger partial charge is 0.292 e.